The van der Waals surface area contributed by atoms with Crippen molar-refractivity contribution in [3.05, 3.63) is 45.9 Å². The molecule has 2 aromatic rings. The molecule has 7 heteroatoms. The molecule has 2 rings (SSSR count). The first-order chi connectivity index (χ1) is 9.36. The predicted octanol–water partition coefficient (Wildman–Crippen LogP) is 3.65. The molecule has 0 unspecified atom stereocenters. The fraction of sp³-hybridized carbons (Fsp3) is 0.231. The van der Waals surface area contributed by atoms with Crippen LogP contribution in [0.2, 0.25) is 0 Å². The number of hydrogen-bond donors (Lipinski definition) is 1. The molecule has 1 heterocycles. The molecule has 1 amide bonds. The average molecular weight is 300 g/mol. The van der Waals surface area contributed by atoms with Crippen molar-refractivity contribution in [3.8, 4) is 0 Å². The minimum Gasteiger partial charge on any atom is -0.326 e. The summed E-state index contributed by atoms with van der Waals surface area (Å²) in [4.78, 5) is 16.6. The highest BCUT2D eigenvalue weighted by atomic mass is 32.1. The van der Waals surface area contributed by atoms with Crippen LogP contribution in [0.5, 0.6) is 0 Å². The summed E-state index contributed by atoms with van der Waals surface area (Å²) in [5.41, 5.74) is 1.73. The summed E-state index contributed by atoms with van der Waals surface area (Å²) in [6.45, 7) is 1.78. The molecule has 1 aromatic heterocycles. The number of alkyl halides is 3. The van der Waals surface area contributed by atoms with E-state index in [4.69, 9.17) is 0 Å². The van der Waals surface area contributed by atoms with Crippen LogP contribution in [-0.2, 0) is 17.4 Å². The second-order valence-electron chi connectivity index (χ2n) is 4.16. The van der Waals surface area contributed by atoms with E-state index in [1.165, 1.54) is 23.5 Å². The van der Waals surface area contributed by atoms with Gasteiger partial charge in [0, 0.05) is 10.6 Å². The minimum absolute atomic E-state index is 0.104. The topological polar surface area (TPSA) is 42.0 Å². The fourth-order valence-electron chi connectivity index (χ4n) is 1.62. The number of anilines is 1. The van der Waals surface area contributed by atoms with Gasteiger partial charge in [-0.2, -0.15) is 13.2 Å². The standard InChI is InChI=1S/C13H11F3N2OS/c1-8-11(20-7-17-8)6-12(19)18-10-4-2-3-9(5-10)13(14,15)16/h2-5,7H,6H2,1H3,(H,18,19). The number of thiazole rings is 1. The van der Waals surface area contributed by atoms with E-state index in [1.54, 1.807) is 12.4 Å². The normalized spacial score (nSPS) is 11.4. The van der Waals surface area contributed by atoms with Gasteiger partial charge in [-0.1, -0.05) is 6.07 Å². The fourth-order valence-corrected chi connectivity index (χ4v) is 2.40. The van der Waals surface area contributed by atoms with Crippen LogP contribution in [0.25, 0.3) is 0 Å². The lowest BCUT2D eigenvalue weighted by molar-refractivity contribution is -0.137. The molecule has 106 valence electrons. The van der Waals surface area contributed by atoms with Gasteiger partial charge < -0.3 is 5.32 Å². The Balaban J connectivity index is 2.07. The second kappa shape index (κ2) is 5.62. The lowest BCUT2D eigenvalue weighted by Crippen LogP contribution is -2.15. The summed E-state index contributed by atoms with van der Waals surface area (Å²) >= 11 is 1.34. The number of benzene rings is 1. The van der Waals surface area contributed by atoms with Crippen LogP contribution in [-0.4, -0.2) is 10.9 Å². The number of aromatic nitrogens is 1. The summed E-state index contributed by atoms with van der Waals surface area (Å²) in [6, 6.07) is 4.56. The summed E-state index contributed by atoms with van der Waals surface area (Å²) < 4.78 is 37.6. The van der Waals surface area contributed by atoms with Gasteiger partial charge >= 0.3 is 6.18 Å². The lowest BCUT2D eigenvalue weighted by atomic mass is 10.2. The molecule has 0 bridgehead atoms. The molecule has 0 atom stereocenters. The molecule has 0 saturated heterocycles. The maximum absolute atomic E-state index is 12.5. The molecule has 0 aliphatic carbocycles. The summed E-state index contributed by atoms with van der Waals surface area (Å²) in [5, 5.41) is 2.46. The Hall–Kier alpha value is -1.89. The Morgan fingerprint density at radius 1 is 1.40 bits per heavy atom. The van der Waals surface area contributed by atoms with Crippen LogP contribution in [0, 0.1) is 6.92 Å². The molecule has 20 heavy (non-hydrogen) atoms. The molecule has 0 fully saturated rings. The molecular weight excluding hydrogens is 289 g/mol. The zero-order valence-corrected chi connectivity index (χ0v) is 11.3. The van der Waals surface area contributed by atoms with Crippen molar-refractivity contribution in [2.45, 2.75) is 19.5 Å². The molecule has 1 N–H and O–H groups in total. The van der Waals surface area contributed by atoms with Crippen LogP contribution < -0.4 is 5.32 Å². The Labute approximate surface area is 117 Å². The van der Waals surface area contributed by atoms with Crippen molar-refractivity contribution in [3.63, 3.8) is 0 Å². The smallest absolute Gasteiger partial charge is 0.326 e. The van der Waals surface area contributed by atoms with E-state index < -0.39 is 11.7 Å². The Morgan fingerprint density at radius 2 is 2.15 bits per heavy atom. The van der Waals surface area contributed by atoms with Crippen LogP contribution in [0.3, 0.4) is 0 Å². The zero-order chi connectivity index (χ0) is 14.8. The molecule has 3 nitrogen and oxygen atoms in total. The van der Waals surface area contributed by atoms with E-state index >= 15 is 0 Å². The van der Waals surface area contributed by atoms with Crippen molar-refractivity contribution in [1.29, 1.82) is 0 Å². The van der Waals surface area contributed by atoms with Gasteiger partial charge in [-0.3, -0.25) is 4.79 Å². The summed E-state index contributed by atoms with van der Waals surface area (Å²) in [5.74, 6) is -0.364. The average Bonchev–Trinajstić information content (AvgIpc) is 2.74. The first kappa shape index (κ1) is 14.5. The quantitative estimate of drug-likeness (QED) is 0.940. The molecule has 0 aliphatic rings. The van der Waals surface area contributed by atoms with E-state index in [9.17, 15) is 18.0 Å². The SMILES string of the molecule is Cc1ncsc1CC(=O)Nc1cccc(C(F)(F)F)c1. The number of rotatable bonds is 3. The maximum atomic E-state index is 12.5. The van der Waals surface area contributed by atoms with Crippen molar-refractivity contribution < 1.29 is 18.0 Å². The summed E-state index contributed by atoms with van der Waals surface area (Å²) in [6.07, 6.45) is -4.32. The van der Waals surface area contributed by atoms with Gasteiger partial charge in [-0.15, -0.1) is 11.3 Å². The third kappa shape index (κ3) is 3.57. The molecule has 0 saturated carbocycles. The first-order valence-corrected chi connectivity index (χ1v) is 6.60. The van der Waals surface area contributed by atoms with E-state index in [1.807, 2.05) is 0 Å². The van der Waals surface area contributed by atoms with Gasteiger partial charge in [0.2, 0.25) is 5.91 Å². The largest absolute Gasteiger partial charge is 0.416 e. The highest BCUT2D eigenvalue weighted by Gasteiger charge is 2.30. The van der Waals surface area contributed by atoms with E-state index in [0.29, 0.717) is 0 Å². The number of hydrogen-bond acceptors (Lipinski definition) is 3. The zero-order valence-electron chi connectivity index (χ0n) is 10.5. The van der Waals surface area contributed by atoms with Crippen LogP contribution in [0.4, 0.5) is 18.9 Å². The summed E-state index contributed by atoms with van der Waals surface area (Å²) in [7, 11) is 0. The number of nitrogens with zero attached hydrogens (tertiary/aromatic N) is 1. The molecule has 0 spiro atoms. The van der Waals surface area contributed by atoms with Crippen molar-refractivity contribution in [1.82, 2.24) is 4.98 Å². The molecular formula is C13H11F3N2OS. The number of carbonyl (C=O) groups is 1. The molecule has 0 radical (unpaired) electrons. The molecule has 1 aromatic carbocycles. The number of nitrogens with one attached hydrogen (secondary N) is 1. The molecule has 0 aliphatic heterocycles. The van der Waals surface area contributed by atoms with Crippen LogP contribution in [0.15, 0.2) is 29.8 Å². The van der Waals surface area contributed by atoms with Crippen molar-refractivity contribution in [2.75, 3.05) is 5.32 Å². The maximum Gasteiger partial charge on any atom is 0.416 e. The first-order valence-electron chi connectivity index (χ1n) is 5.72. The van der Waals surface area contributed by atoms with Gasteiger partial charge in [0.1, 0.15) is 0 Å². The minimum atomic E-state index is -4.42. The van der Waals surface area contributed by atoms with Crippen LogP contribution in [0.1, 0.15) is 16.1 Å². The predicted molar refractivity (Wildman–Crippen MR) is 70.6 cm³/mol. The van der Waals surface area contributed by atoms with Gasteiger partial charge in [-0.05, 0) is 25.1 Å². The number of aryl methyl sites for hydroxylation is 1. The van der Waals surface area contributed by atoms with Gasteiger partial charge in [0.25, 0.3) is 0 Å². The van der Waals surface area contributed by atoms with Gasteiger partial charge in [-0.25, -0.2) is 4.98 Å². The van der Waals surface area contributed by atoms with Crippen LogP contribution >= 0.6 is 11.3 Å². The second-order valence-corrected chi connectivity index (χ2v) is 5.10. The van der Waals surface area contributed by atoms with Gasteiger partial charge in [0.05, 0.1) is 23.2 Å². The Morgan fingerprint density at radius 3 is 2.75 bits per heavy atom. The highest BCUT2D eigenvalue weighted by Crippen LogP contribution is 2.30. The van der Waals surface area contributed by atoms with E-state index in [-0.39, 0.29) is 18.0 Å². The Kier molecular flexibility index (Phi) is 4.08. The van der Waals surface area contributed by atoms with Crippen molar-refractivity contribution >= 4 is 22.9 Å². The lowest BCUT2D eigenvalue weighted by Gasteiger charge is -2.09. The Bertz CT molecular complexity index is 622. The third-order valence-corrected chi connectivity index (χ3v) is 3.57. The number of halogens is 3. The third-order valence-electron chi connectivity index (χ3n) is 2.64. The highest BCUT2D eigenvalue weighted by molar-refractivity contribution is 7.09. The van der Waals surface area contributed by atoms with E-state index in [0.717, 1.165) is 22.7 Å². The van der Waals surface area contributed by atoms with Crippen molar-refractivity contribution in [2.24, 2.45) is 0 Å². The monoisotopic (exact) mass is 300 g/mol. The number of amides is 1. The van der Waals surface area contributed by atoms with E-state index in [2.05, 4.69) is 10.3 Å². The van der Waals surface area contributed by atoms with Gasteiger partial charge in [0.15, 0.2) is 0 Å². The number of carbonyl (C=O) groups excluding carboxylic acids is 1.